The van der Waals surface area contributed by atoms with Crippen molar-refractivity contribution < 1.29 is 13.2 Å². The van der Waals surface area contributed by atoms with Crippen LogP contribution in [0.3, 0.4) is 0 Å². The zero-order valence-electron chi connectivity index (χ0n) is 19.3. The third-order valence-electron chi connectivity index (χ3n) is 6.46. The SMILES string of the molecule is CC[C@@H]1c2nnc(C(F)(F)F)n2CCN1c1cc(C)c(CNc2cccc3c(N)nccc23)cn1. The maximum atomic E-state index is 13.3. The molecule has 0 saturated carbocycles. The molecule has 0 saturated heterocycles. The standard InChI is InChI=1S/C24H25F3N8/c1-3-19-22-32-33-23(24(25,26)27)35(22)10-9-34(19)20-11-14(2)15(13-31-20)12-30-18-6-4-5-17-16(18)7-8-29-21(17)28/h4-8,11,13,19,30H,3,9-10,12H2,1-2H3,(H2,28,29)/t19-/m1/s1. The summed E-state index contributed by atoms with van der Waals surface area (Å²) in [5, 5.41) is 12.6. The summed E-state index contributed by atoms with van der Waals surface area (Å²) in [4.78, 5) is 10.8. The number of anilines is 3. The normalized spacial score (nSPS) is 15.9. The van der Waals surface area contributed by atoms with Gasteiger partial charge in [-0.1, -0.05) is 19.1 Å². The summed E-state index contributed by atoms with van der Waals surface area (Å²) in [5.41, 5.74) is 8.99. The Bertz CT molecular complexity index is 1380. The molecule has 11 heteroatoms. The number of aryl methyl sites for hydroxylation is 1. The number of halogens is 3. The molecule has 0 unspecified atom stereocenters. The molecule has 5 rings (SSSR count). The van der Waals surface area contributed by atoms with E-state index < -0.39 is 12.0 Å². The van der Waals surface area contributed by atoms with Crippen LogP contribution in [0.15, 0.2) is 42.7 Å². The van der Waals surface area contributed by atoms with Crippen LogP contribution in [-0.2, 0) is 19.3 Å². The first kappa shape index (κ1) is 22.9. The van der Waals surface area contributed by atoms with E-state index in [2.05, 4.69) is 25.5 Å². The maximum Gasteiger partial charge on any atom is 0.451 e. The predicted octanol–water partition coefficient (Wildman–Crippen LogP) is 4.71. The van der Waals surface area contributed by atoms with Crippen LogP contribution in [-0.4, -0.2) is 31.3 Å². The summed E-state index contributed by atoms with van der Waals surface area (Å²) < 4.78 is 41.1. The Kier molecular flexibility index (Phi) is 5.70. The molecule has 4 heterocycles. The van der Waals surface area contributed by atoms with Gasteiger partial charge >= 0.3 is 6.18 Å². The molecule has 35 heavy (non-hydrogen) atoms. The third kappa shape index (κ3) is 4.11. The summed E-state index contributed by atoms with van der Waals surface area (Å²) in [7, 11) is 0. The quantitative estimate of drug-likeness (QED) is 0.425. The first-order valence-corrected chi connectivity index (χ1v) is 11.4. The number of fused-ring (bicyclic) bond motifs is 2. The lowest BCUT2D eigenvalue weighted by molar-refractivity contribution is -0.147. The van der Waals surface area contributed by atoms with Crippen molar-refractivity contribution in [2.24, 2.45) is 0 Å². The number of benzene rings is 1. The van der Waals surface area contributed by atoms with E-state index in [9.17, 15) is 13.2 Å². The molecular weight excluding hydrogens is 457 g/mol. The second kappa shape index (κ2) is 8.71. The Morgan fingerprint density at radius 1 is 1.11 bits per heavy atom. The van der Waals surface area contributed by atoms with Crippen LogP contribution in [0.1, 0.15) is 42.2 Å². The van der Waals surface area contributed by atoms with E-state index in [-0.39, 0.29) is 12.6 Å². The van der Waals surface area contributed by atoms with Gasteiger partial charge in [0.1, 0.15) is 11.6 Å². The van der Waals surface area contributed by atoms with Crippen molar-refractivity contribution in [2.75, 3.05) is 22.5 Å². The molecule has 1 atom stereocenters. The van der Waals surface area contributed by atoms with Gasteiger partial charge in [0.15, 0.2) is 5.82 Å². The van der Waals surface area contributed by atoms with E-state index in [1.54, 1.807) is 6.20 Å². The lowest BCUT2D eigenvalue weighted by atomic mass is 10.1. The van der Waals surface area contributed by atoms with Crippen molar-refractivity contribution in [3.63, 3.8) is 0 Å². The van der Waals surface area contributed by atoms with Crippen molar-refractivity contribution >= 4 is 28.1 Å². The highest BCUT2D eigenvalue weighted by molar-refractivity contribution is 5.99. The second-order valence-corrected chi connectivity index (χ2v) is 8.57. The molecule has 0 fully saturated rings. The average Bonchev–Trinajstić information content (AvgIpc) is 3.28. The minimum atomic E-state index is -4.53. The van der Waals surface area contributed by atoms with Crippen molar-refractivity contribution in [1.82, 2.24) is 24.7 Å². The van der Waals surface area contributed by atoms with Gasteiger partial charge in [-0.15, -0.1) is 10.2 Å². The molecule has 1 aromatic carbocycles. The second-order valence-electron chi connectivity index (χ2n) is 8.57. The summed E-state index contributed by atoms with van der Waals surface area (Å²) >= 11 is 0. The average molecular weight is 483 g/mol. The molecule has 4 aromatic rings. The van der Waals surface area contributed by atoms with Gasteiger partial charge in [-0.3, -0.25) is 0 Å². The van der Waals surface area contributed by atoms with Crippen molar-refractivity contribution in [2.45, 2.75) is 45.6 Å². The molecule has 1 aliphatic rings. The highest BCUT2D eigenvalue weighted by Crippen LogP contribution is 2.36. The lowest BCUT2D eigenvalue weighted by Gasteiger charge is -2.36. The number of hydrogen-bond acceptors (Lipinski definition) is 7. The molecule has 0 spiro atoms. The van der Waals surface area contributed by atoms with Gasteiger partial charge in [-0.2, -0.15) is 13.2 Å². The molecular formula is C24H25F3N8. The molecule has 3 aromatic heterocycles. The predicted molar refractivity (Wildman–Crippen MR) is 128 cm³/mol. The third-order valence-corrected chi connectivity index (χ3v) is 6.46. The highest BCUT2D eigenvalue weighted by atomic mass is 19.4. The zero-order chi connectivity index (χ0) is 24.7. The van der Waals surface area contributed by atoms with E-state index in [0.717, 1.165) is 27.6 Å². The van der Waals surface area contributed by atoms with Crippen LogP contribution in [0.25, 0.3) is 10.8 Å². The summed E-state index contributed by atoms with van der Waals surface area (Å²) in [6.45, 7) is 5.02. The van der Waals surface area contributed by atoms with Gasteiger partial charge in [0.25, 0.3) is 0 Å². The number of rotatable bonds is 5. The maximum absolute atomic E-state index is 13.3. The molecule has 3 N–H and O–H groups in total. The van der Waals surface area contributed by atoms with Crippen molar-refractivity contribution in [1.29, 1.82) is 0 Å². The number of nitrogen functional groups attached to an aromatic ring is 1. The van der Waals surface area contributed by atoms with Crippen LogP contribution >= 0.6 is 0 Å². The molecule has 0 radical (unpaired) electrons. The summed E-state index contributed by atoms with van der Waals surface area (Å²) in [6, 6.07) is 9.42. The number of nitrogens with two attached hydrogens (primary N) is 1. The largest absolute Gasteiger partial charge is 0.451 e. The fraction of sp³-hybridized carbons (Fsp3) is 0.333. The molecule has 0 aliphatic carbocycles. The summed E-state index contributed by atoms with van der Waals surface area (Å²) in [6.07, 6.45) is -0.446. The van der Waals surface area contributed by atoms with Gasteiger partial charge in [-0.25, -0.2) is 9.97 Å². The van der Waals surface area contributed by atoms with E-state index in [1.807, 2.05) is 55.3 Å². The molecule has 8 nitrogen and oxygen atoms in total. The fourth-order valence-electron chi connectivity index (χ4n) is 4.66. The van der Waals surface area contributed by atoms with E-state index in [1.165, 1.54) is 4.57 Å². The van der Waals surface area contributed by atoms with Gasteiger partial charge in [0.2, 0.25) is 5.82 Å². The Hall–Kier alpha value is -3.89. The van der Waals surface area contributed by atoms with Crippen molar-refractivity contribution in [3.05, 3.63) is 65.5 Å². The van der Waals surface area contributed by atoms with E-state index in [0.29, 0.717) is 37.0 Å². The Labute approximate surface area is 200 Å². The summed E-state index contributed by atoms with van der Waals surface area (Å²) in [5.74, 6) is 0.576. The van der Waals surface area contributed by atoms with Crippen LogP contribution in [0.2, 0.25) is 0 Å². The zero-order valence-corrected chi connectivity index (χ0v) is 19.3. The molecule has 1 aliphatic heterocycles. The van der Waals surface area contributed by atoms with Gasteiger partial charge in [-0.05, 0) is 42.7 Å². The fourth-order valence-corrected chi connectivity index (χ4v) is 4.66. The van der Waals surface area contributed by atoms with Crippen LogP contribution in [0.5, 0.6) is 0 Å². The van der Waals surface area contributed by atoms with E-state index in [4.69, 9.17) is 5.73 Å². The Morgan fingerprint density at radius 2 is 1.94 bits per heavy atom. The first-order valence-electron chi connectivity index (χ1n) is 11.4. The smallest absolute Gasteiger partial charge is 0.383 e. The minimum absolute atomic E-state index is 0.150. The van der Waals surface area contributed by atoms with Crippen LogP contribution in [0.4, 0.5) is 30.5 Å². The number of alkyl halides is 3. The number of nitrogens with one attached hydrogen (secondary N) is 1. The molecule has 0 bridgehead atoms. The van der Waals surface area contributed by atoms with E-state index >= 15 is 0 Å². The topological polar surface area (TPSA) is 97.8 Å². The minimum Gasteiger partial charge on any atom is -0.383 e. The first-order chi connectivity index (χ1) is 16.8. The van der Waals surface area contributed by atoms with Crippen LogP contribution < -0.4 is 16.0 Å². The monoisotopic (exact) mass is 482 g/mol. The number of aromatic nitrogens is 5. The molecule has 0 amide bonds. The van der Waals surface area contributed by atoms with Gasteiger partial charge in [0.05, 0.1) is 6.04 Å². The van der Waals surface area contributed by atoms with Gasteiger partial charge < -0.3 is 20.5 Å². The Balaban J connectivity index is 1.37. The Morgan fingerprint density at radius 3 is 2.69 bits per heavy atom. The van der Waals surface area contributed by atoms with Gasteiger partial charge in [0, 0.05) is 48.5 Å². The highest BCUT2D eigenvalue weighted by Gasteiger charge is 2.41. The number of nitrogens with zero attached hydrogens (tertiary/aromatic N) is 6. The van der Waals surface area contributed by atoms with Crippen LogP contribution in [0, 0.1) is 6.92 Å². The van der Waals surface area contributed by atoms with Crippen molar-refractivity contribution in [3.8, 4) is 0 Å². The number of pyridine rings is 2. The number of hydrogen-bond donors (Lipinski definition) is 2. The molecule has 182 valence electrons. The lowest BCUT2D eigenvalue weighted by Crippen LogP contribution is -2.39.